The highest BCUT2D eigenvalue weighted by atomic mass is 16.7. The van der Waals surface area contributed by atoms with Gasteiger partial charge in [0.2, 0.25) is 11.8 Å². The van der Waals surface area contributed by atoms with E-state index >= 15 is 0 Å². The molecule has 1 aliphatic heterocycles. The van der Waals surface area contributed by atoms with Gasteiger partial charge in [-0.1, -0.05) is 42.5 Å². The predicted octanol–water partition coefficient (Wildman–Crippen LogP) is 1.50. The lowest BCUT2D eigenvalue weighted by Gasteiger charge is -2.30. The molecule has 0 aromatic heterocycles. The van der Waals surface area contributed by atoms with E-state index in [0.29, 0.717) is 11.4 Å². The first-order valence-corrected chi connectivity index (χ1v) is 9.86. The number of para-hydroxylation sites is 2. The molecule has 0 unspecified atom stereocenters. The van der Waals surface area contributed by atoms with Gasteiger partial charge in [0.15, 0.2) is 6.29 Å². The van der Waals surface area contributed by atoms with E-state index in [0.717, 1.165) is 5.56 Å². The molecular formula is C22H26N4O5. The highest BCUT2D eigenvalue weighted by molar-refractivity contribution is 6.10. The second kappa shape index (κ2) is 10.6. The number of hydrogen-bond donors (Lipinski definition) is 3. The number of carbonyl (C=O) groups excluding carboxylic acids is 3. The molecule has 1 aliphatic rings. The van der Waals surface area contributed by atoms with Crippen LogP contribution in [0, 0.1) is 0 Å². The minimum Gasteiger partial charge on any atom is -0.354 e. The van der Waals surface area contributed by atoms with Gasteiger partial charge in [-0.2, -0.15) is 0 Å². The van der Waals surface area contributed by atoms with E-state index in [4.69, 9.17) is 9.47 Å². The largest absolute Gasteiger partial charge is 0.354 e. The number of benzene rings is 2. The Morgan fingerprint density at radius 2 is 1.74 bits per heavy atom. The molecule has 0 aliphatic carbocycles. The molecule has 0 saturated heterocycles. The molecule has 4 amide bonds. The fourth-order valence-electron chi connectivity index (χ4n) is 3.27. The second-order valence-electron chi connectivity index (χ2n) is 6.99. The van der Waals surface area contributed by atoms with Gasteiger partial charge in [0.1, 0.15) is 12.6 Å². The summed E-state index contributed by atoms with van der Waals surface area (Å²) in [6.45, 7) is -0.0140. The van der Waals surface area contributed by atoms with Crippen LogP contribution in [-0.4, -0.2) is 57.5 Å². The predicted molar refractivity (Wildman–Crippen MR) is 116 cm³/mol. The number of rotatable bonds is 8. The van der Waals surface area contributed by atoms with Crippen LogP contribution in [0.4, 0.5) is 16.2 Å². The Labute approximate surface area is 180 Å². The number of carbonyl (C=O) groups is 3. The fourth-order valence-corrected chi connectivity index (χ4v) is 3.27. The van der Waals surface area contributed by atoms with Crippen molar-refractivity contribution in [2.24, 2.45) is 0 Å². The summed E-state index contributed by atoms with van der Waals surface area (Å²) < 4.78 is 10.2. The first-order valence-electron chi connectivity index (χ1n) is 9.86. The third-order valence-electron chi connectivity index (χ3n) is 4.88. The van der Waals surface area contributed by atoms with E-state index < -0.39 is 18.4 Å². The molecule has 3 N–H and O–H groups in total. The summed E-state index contributed by atoms with van der Waals surface area (Å²) in [6, 6.07) is 15.0. The lowest BCUT2D eigenvalue weighted by atomic mass is 10.1. The molecule has 2 aromatic rings. The van der Waals surface area contributed by atoms with Gasteiger partial charge in [0.25, 0.3) is 0 Å². The van der Waals surface area contributed by atoms with E-state index in [-0.39, 0.29) is 31.3 Å². The van der Waals surface area contributed by atoms with E-state index in [1.807, 2.05) is 30.3 Å². The summed E-state index contributed by atoms with van der Waals surface area (Å²) in [5.41, 5.74) is 1.99. The summed E-state index contributed by atoms with van der Waals surface area (Å²) in [6.07, 6.45) is -0.320. The van der Waals surface area contributed by atoms with Crippen molar-refractivity contribution < 1.29 is 23.9 Å². The zero-order chi connectivity index (χ0) is 22.2. The van der Waals surface area contributed by atoms with Crippen LogP contribution in [0.15, 0.2) is 54.6 Å². The summed E-state index contributed by atoms with van der Waals surface area (Å²) >= 11 is 0. The van der Waals surface area contributed by atoms with Crippen molar-refractivity contribution >= 4 is 29.2 Å². The smallest absolute Gasteiger partial charge is 0.323 e. The molecule has 1 atom stereocenters. The van der Waals surface area contributed by atoms with Crippen LogP contribution in [0.1, 0.15) is 5.56 Å². The molecule has 164 valence electrons. The van der Waals surface area contributed by atoms with Gasteiger partial charge in [0, 0.05) is 20.6 Å². The first-order chi connectivity index (χ1) is 15.0. The lowest BCUT2D eigenvalue weighted by molar-refractivity contribution is -0.129. The van der Waals surface area contributed by atoms with Gasteiger partial charge >= 0.3 is 6.03 Å². The normalized spacial score (nSPS) is 13.9. The SMILES string of the molecule is COC(CNC(=O)[C@@H](Cc1ccccc1)NC(=O)N1CC(=O)Nc2ccccc21)OC. The minimum atomic E-state index is -0.860. The topological polar surface area (TPSA) is 109 Å². The third-order valence-corrected chi connectivity index (χ3v) is 4.88. The maximum atomic E-state index is 13.1. The number of amides is 4. The Hall–Kier alpha value is -3.43. The number of hydrogen-bond acceptors (Lipinski definition) is 5. The number of nitrogens with zero attached hydrogens (tertiary/aromatic N) is 1. The molecule has 3 rings (SSSR count). The minimum absolute atomic E-state index is 0.127. The Kier molecular flexibility index (Phi) is 7.58. The van der Waals surface area contributed by atoms with Crippen molar-refractivity contribution in [3.63, 3.8) is 0 Å². The number of fused-ring (bicyclic) bond motifs is 1. The second-order valence-corrected chi connectivity index (χ2v) is 6.99. The van der Waals surface area contributed by atoms with Crippen molar-refractivity contribution in [2.45, 2.75) is 18.8 Å². The van der Waals surface area contributed by atoms with Crippen LogP contribution in [-0.2, 0) is 25.5 Å². The van der Waals surface area contributed by atoms with Crippen LogP contribution in [0.2, 0.25) is 0 Å². The Morgan fingerprint density at radius 3 is 2.45 bits per heavy atom. The van der Waals surface area contributed by atoms with Gasteiger partial charge in [-0.25, -0.2) is 4.79 Å². The summed E-state index contributed by atoms with van der Waals surface area (Å²) in [7, 11) is 2.95. The molecular weight excluding hydrogens is 400 g/mol. The summed E-state index contributed by atoms with van der Waals surface area (Å²) in [5, 5.41) is 8.25. The first kappa shape index (κ1) is 22.3. The molecule has 2 aromatic carbocycles. The molecule has 0 radical (unpaired) electrons. The van der Waals surface area contributed by atoms with Crippen molar-refractivity contribution in [3.8, 4) is 0 Å². The molecule has 1 heterocycles. The average Bonchev–Trinajstić information content (AvgIpc) is 2.79. The van der Waals surface area contributed by atoms with E-state index in [9.17, 15) is 14.4 Å². The van der Waals surface area contributed by atoms with E-state index in [1.165, 1.54) is 19.1 Å². The lowest BCUT2D eigenvalue weighted by Crippen LogP contribution is -2.55. The van der Waals surface area contributed by atoms with Crippen LogP contribution in [0.3, 0.4) is 0 Å². The monoisotopic (exact) mass is 426 g/mol. The van der Waals surface area contributed by atoms with Gasteiger partial charge in [-0.05, 0) is 17.7 Å². The van der Waals surface area contributed by atoms with Crippen molar-refractivity contribution in [3.05, 3.63) is 60.2 Å². The number of ether oxygens (including phenoxy) is 2. The van der Waals surface area contributed by atoms with Crippen LogP contribution in [0.5, 0.6) is 0 Å². The van der Waals surface area contributed by atoms with E-state index in [2.05, 4.69) is 16.0 Å². The van der Waals surface area contributed by atoms with Crippen molar-refractivity contribution in [1.29, 1.82) is 0 Å². The van der Waals surface area contributed by atoms with Crippen LogP contribution >= 0.6 is 0 Å². The molecule has 31 heavy (non-hydrogen) atoms. The highest BCUT2D eigenvalue weighted by Crippen LogP contribution is 2.28. The number of methoxy groups -OCH3 is 2. The summed E-state index contributed by atoms with van der Waals surface area (Å²) in [4.78, 5) is 39.3. The fraction of sp³-hybridized carbons (Fsp3) is 0.318. The molecule has 0 bridgehead atoms. The summed E-state index contributed by atoms with van der Waals surface area (Å²) in [5.74, 6) is -0.688. The third kappa shape index (κ3) is 5.80. The zero-order valence-corrected chi connectivity index (χ0v) is 17.5. The quantitative estimate of drug-likeness (QED) is 0.555. The Morgan fingerprint density at radius 1 is 1.06 bits per heavy atom. The molecule has 0 spiro atoms. The van der Waals surface area contributed by atoms with Crippen LogP contribution in [0.25, 0.3) is 0 Å². The standard InChI is InChI=1S/C22H26N4O5/c1-30-20(31-2)13-23-21(28)17(12-15-8-4-3-5-9-15)25-22(29)26-14-19(27)24-16-10-6-7-11-18(16)26/h3-11,17,20H,12-14H2,1-2H3,(H,23,28)(H,24,27)(H,25,29)/t17-/m1/s1. The highest BCUT2D eigenvalue weighted by Gasteiger charge is 2.30. The van der Waals surface area contributed by atoms with Gasteiger partial charge in [0.05, 0.1) is 17.9 Å². The van der Waals surface area contributed by atoms with Gasteiger partial charge in [-0.3, -0.25) is 14.5 Å². The molecule has 0 saturated carbocycles. The molecule has 9 heteroatoms. The average molecular weight is 426 g/mol. The maximum Gasteiger partial charge on any atom is 0.323 e. The number of urea groups is 1. The zero-order valence-electron chi connectivity index (χ0n) is 17.5. The number of nitrogens with one attached hydrogen (secondary N) is 3. The van der Waals surface area contributed by atoms with Gasteiger partial charge < -0.3 is 25.4 Å². The Balaban J connectivity index is 1.76. The molecule has 9 nitrogen and oxygen atoms in total. The van der Waals surface area contributed by atoms with Crippen LogP contribution < -0.4 is 20.9 Å². The van der Waals surface area contributed by atoms with E-state index in [1.54, 1.807) is 24.3 Å². The van der Waals surface area contributed by atoms with Gasteiger partial charge in [-0.15, -0.1) is 0 Å². The molecule has 0 fully saturated rings. The maximum absolute atomic E-state index is 13.1. The van der Waals surface area contributed by atoms with Crippen molar-refractivity contribution in [2.75, 3.05) is 37.5 Å². The Bertz CT molecular complexity index is 917. The van der Waals surface area contributed by atoms with Crippen molar-refractivity contribution in [1.82, 2.24) is 10.6 Å². The number of anilines is 2.